The van der Waals surface area contributed by atoms with E-state index >= 15 is 0 Å². The Morgan fingerprint density at radius 2 is 1.87 bits per heavy atom. The first-order valence-electron chi connectivity index (χ1n) is 7.79. The average molecular weight is 320 g/mol. The van der Waals surface area contributed by atoms with Crippen molar-refractivity contribution in [3.63, 3.8) is 0 Å². The molecule has 0 saturated heterocycles. The molecule has 0 aliphatic rings. The zero-order chi connectivity index (χ0) is 17.5. The summed E-state index contributed by atoms with van der Waals surface area (Å²) >= 11 is 0. The first-order valence-corrected chi connectivity index (χ1v) is 7.79. The Balaban J connectivity index is 2.70. The molecule has 23 heavy (non-hydrogen) atoms. The van der Waals surface area contributed by atoms with Crippen LogP contribution in [0.4, 0.5) is 0 Å². The molecule has 0 atom stereocenters. The monoisotopic (exact) mass is 320 g/mol. The maximum atomic E-state index is 12.0. The summed E-state index contributed by atoms with van der Waals surface area (Å²) in [6, 6.07) is 6.93. The number of rotatable bonds is 5. The Morgan fingerprint density at radius 3 is 2.39 bits per heavy atom. The number of aromatic hydroxyl groups is 1. The highest BCUT2D eigenvalue weighted by molar-refractivity contribution is 5.86. The number of nitrogens with one attached hydrogen (secondary N) is 2. The molecule has 0 saturated carbocycles. The van der Waals surface area contributed by atoms with Crippen LogP contribution in [0.25, 0.3) is 0 Å². The molecule has 128 valence electrons. The van der Waals surface area contributed by atoms with Crippen LogP contribution in [0.15, 0.2) is 29.3 Å². The van der Waals surface area contributed by atoms with Gasteiger partial charge in [-0.25, -0.2) is 4.99 Å². The minimum atomic E-state index is -0.251. The molecule has 0 unspecified atom stereocenters. The molecular formula is C17H28N4O2. The number of carbonyl (C=O) groups excluding carboxylic acids is 1. The third-order valence-electron chi connectivity index (χ3n) is 2.94. The summed E-state index contributed by atoms with van der Waals surface area (Å²) in [6.45, 7) is 9.28. The van der Waals surface area contributed by atoms with Gasteiger partial charge in [0.05, 0.1) is 13.1 Å². The van der Waals surface area contributed by atoms with Gasteiger partial charge in [-0.2, -0.15) is 0 Å². The smallest absolute Gasteiger partial charge is 0.240 e. The van der Waals surface area contributed by atoms with Gasteiger partial charge in [-0.05, 0) is 45.4 Å². The number of carbonyl (C=O) groups is 1. The predicted molar refractivity (Wildman–Crippen MR) is 93.4 cm³/mol. The van der Waals surface area contributed by atoms with Crippen molar-refractivity contribution >= 4 is 11.9 Å². The number of phenolic OH excluding ortho intramolecular Hbond substituents is 1. The van der Waals surface area contributed by atoms with Crippen molar-refractivity contribution in [2.75, 3.05) is 20.1 Å². The number of benzene rings is 1. The third-order valence-corrected chi connectivity index (χ3v) is 2.94. The van der Waals surface area contributed by atoms with Gasteiger partial charge in [0.25, 0.3) is 0 Å². The van der Waals surface area contributed by atoms with Crippen LogP contribution < -0.4 is 10.6 Å². The Kier molecular flexibility index (Phi) is 6.88. The van der Waals surface area contributed by atoms with Gasteiger partial charge in [0.1, 0.15) is 5.75 Å². The highest BCUT2D eigenvalue weighted by atomic mass is 16.3. The lowest BCUT2D eigenvalue weighted by Gasteiger charge is -2.25. The lowest BCUT2D eigenvalue weighted by molar-refractivity contribution is -0.122. The van der Waals surface area contributed by atoms with E-state index in [9.17, 15) is 9.90 Å². The fourth-order valence-corrected chi connectivity index (χ4v) is 1.99. The van der Waals surface area contributed by atoms with Crippen LogP contribution in [0.1, 0.15) is 33.3 Å². The van der Waals surface area contributed by atoms with Gasteiger partial charge in [-0.3, -0.25) is 4.79 Å². The molecule has 0 aliphatic carbocycles. The molecule has 1 amide bonds. The van der Waals surface area contributed by atoms with E-state index in [0.29, 0.717) is 12.5 Å². The summed E-state index contributed by atoms with van der Waals surface area (Å²) in [7, 11) is 1.83. The van der Waals surface area contributed by atoms with Crippen molar-refractivity contribution in [1.82, 2.24) is 15.5 Å². The normalized spacial score (nSPS) is 12.0. The molecule has 1 rings (SSSR count). The number of hydrogen-bond acceptors (Lipinski definition) is 3. The Hall–Kier alpha value is -2.24. The van der Waals surface area contributed by atoms with Crippen molar-refractivity contribution in [3.05, 3.63) is 29.8 Å². The molecule has 0 spiro atoms. The maximum Gasteiger partial charge on any atom is 0.240 e. The van der Waals surface area contributed by atoms with Crippen LogP contribution in [-0.2, 0) is 11.3 Å². The van der Waals surface area contributed by atoms with Gasteiger partial charge in [-0.15, -0.1) is 0 Å². The fourth-order valence-electron chi connectivity index (χ4n) is 1.99. The molecule has 6 nitrogen and oxygen atoms in total. The summed E-state index contributed by atoms with van der Waals surface area (Å²) in [6.07, 6.45) is 0. The zero-order valence-electron chi connectivity index (χ0n) is 14.7. The highest BCUT2D eigenvalue weighted by Gasteiger charge is 2.16. The van der Waals surface area contributed by atoms with Crippen molar-refractivity contribution in [2.45, 2.75) is 39.8 Å². The number of likely N-dealkylation sites (N-methyl/N-ethyl adjacent to an activating group) is 1. The molecule has 0 bridgehead atoms. The summed E-state index contributed by atoms with van der Waals surface area (Å²) in [4.78, 5) is 18.4. The molecule has 0 fully saturated rings. The quantitative estimate of drug-likeness (QED) is 0.570. The minimum absolute atomic E-state index is 0.0461. The maximum absolute atomic E-state index is 12.0. The summed E-state index contributed by atoms with van der Waals surface area (Å²) in [5.74, 6) is 0.862. The number of hydrogen-bond donors (Lipinski definition) is 3. The van der Waals surface area contributed by atoms with E-state index in [-0.39, 0.29) is 23.7 Å². The largest absolute Gasteiger partial charge is 0.508 e. The lowest BCUT2D eigenvalue weighted by Crippen LogP contribution is -2.48. The molecule has 0 heterocycles. The van der Waals surface area contributed by atoms with Crippen molar-refractivity contribution in [2.24, 2.45) is 4.99 Å². The third kappa shape index (κ3) is 7.54. The molecule has 0 aromatic heterocycles. The number of aliphatic imine (C=N–C) groups is 1. The standard InChI is InChI=1S/C17H28N4O2/c1-6-18-16(19-11-13-7-9-14(22)10-8-13)21(5)12-15(23)20-17(2,3)4/h7-10,22H,6,11-12H2,1-5H3,(H,18,19)(H,20,23). The second-order valence-corrected chi connectivity index (χ2v) is 6.49. The molecular weight excluding hydrogens is 292 g/mol. The van der Waals surface area contributed by atoms with Gasteiger partial charge in [-0.1, -0.05) is 12.1 Å². The van der Waals surface area contributed by atoms with E-state index in [1.54, 1.807) is 17.0 Å². The Morgan fingerprint density at radius 1 is 1.26 bits per heavy atom. The zero-order valence-corrected chi connectivity index (χ0v) is 14.7. The van der Waals surface area contributed by atoms with E-state index in [1.165, 1.54) is 0 Å². The lowest BCUT2D eigenvalue weighted by atomic mass is 10.1. The van der Waals surface area contributed by atoms with Crippen LogP contribution in [-0.4, -0.2) is 47.5 Å². The van der Waals surface area contributed by atoms with Crippen LogP contribution in [0.5, 0.6) is 5.75 Å². The number of phenols is 1. The predicted octanol–water partition coefficient (Wildman–Crippen LogP) is 1.70. The van der Waals surface area contributed by atoms with Gasteiger partial charge in [0.15, 0.2) is 5.96 Å². The van der Waals surface area contributed by atoms with Gasteiger partial charge in [0.2, 0.25) is 5.91 Å². The molecule has 0 radical (unpaired) electrons. The minimum Gasteiger partial charge on any atom is -0.508 e. The van der Waals surface area contributed by atoms with Crippen molar-refractivity contribution in [1.29, 1.82) is 0 Å². The van der Waals surface area contributed by atoms with Crippen LogP contribution in [0.2, 0.25) is 0 Å². The molecule has 1 aromatic carbocycles. The van der Waals surface area contributed by atoms with E-state index < -0.39 is 0 Å². The first-order chi connectivity index (χ1) is 10.7. The topological polar surface area (TPSA) is 77.0 Å². The number of guanidine groups is 1. The Labute approximate surface area is 138 Å². The molecule has 6 heteroatoms. The Bertz CT molecular complexity index is 533. The summed E-state index contributed by atoms with van der Waals surface area (Å²) in [5, 5.41) is 15.4. The first kappa shape index (κ1) is 18.8. The summed E-state index contributed by atoms with van der Waals surface area (Å²) in [5.41, 5.74) is 0.741. The molecule has 0 aliphatic heterocycles. The van der Waals surface area contributed by atoms with E-state index in [4.69, 9.17) is 0 Å². The van der Waals surface area contributed by atoms with E-state index in [1.807, 2.05) is 46.9 Å². The van der Waals surface area contributed by atoms with E-state index in [2.05, 4.69) is 15.6 Å². The van der Waals surface area contributed by atoms with Crippen molar-refractivity contribution < 1.29 is 9.90 Å². The van der Waals surface area contributed by atoms with Crippen LogP contribution in [0.3, 0.4) is 0 Å². The van der Waals surface area contributed by atoms with Gasteiger partial charge in [0, 0.05) is 19.1 Å². The number of amides is 1. The number of nitrogens with zero attached hydrogens (tertiary/aromatic N) is 2. The SMILES string of the molecule is CCNC(=NCc1ccc(O)cc1)N(C)CC(=O)NC(C)(C)C. The second kappa shape index (κ2) is 8.41. The van der Waals surface area contributed by atoms with Crippen LogP contribution in [0, 0.1) is 0 Å². The van der Waals surface area contributed by atoms with Gasteiger partial charge >= 0.3 is 0 Å². The van der Waals surface area contributed by atoms with Crippen molar-refractivity contribution in [3.8, 4) is 5.75 Å². The average Bonchev–Trinajstić information content (AvgIpc) is 2.42. The second-order valence-electron chi connectivity index (χ2n) is 6.49. The highest BCUT2D eigenvalue weighted by Crippen LogP contribution is 2.10. The molecule has 1 aromatic rings. The van der Waals surface area contributed by atoms with E-state index in [0.717, 1.165) is 12.1 Å². The van der Waals surface area contributed by atoms with Crippen LogP contribution >= 0.6 is 0 Å². The summed E-state index contributed by atoms with van der Waals surface area (Å²) < 4.78 is 0. The molecule has 3 N–H and O–H groups in total. The van der Waals surface area contributed by atoms with Gasteiger partial charge < -0.3 is 20.6 Å². The fraction of sp³-hybridized carbons (Fsp3) is 0.529.